The first-order valence-corrected chi connectivity index (χ1v) is 6.23. The molecule has 0 aliphatic rings. The summed E-state index contributed by atoms with van der Waals surface area (Å²) < 4.78 is 15.4. The summed E-state index contributed by atoms with van der Waals surface area (Å²) in [4.78, 5) is 4.12. The molecule has 16 heavy (non-hydrogen) atoms. The van der Waals surface area contributed by atoms with Crippen LogP contribution in [0.15, 0.2) is 6.33 Å². The average molecular weight is 226 g/mol. The van der Waals surface area contributed by atoms with Gasteiger partial charge in [-0.05, 0) is 12.3 Å². The molecule has 3 heteroatoms. The lowest BCUT2D eigenvalue weighted by Gasteiger charge is -2.06. The third kappa shape index (κ3) is 3.62. The van der Waals surface area contributed by atoms with E-state index in [1.807, 2.05) is 13.8 Å². The van der Waals surface area contributed by atoms with Gasteiger partial charge in [0.05, 0.1) is 12.0 Å². The summed E-state index contributed by atoms with van der Waals surface area (Å²) in [6.07, 6.45) is 5.03. The van der Waals surface area contributed by atoms with Crippen LogP contribution in [0, 0.1) is 11.9 Å². The van der Waals surface area contributed by atoms with Gasteiger partial charge in [0.15, 0.2) is 0 Å². The summed E-state index contributed by atoms with van der Waals surface area (Å²) in [6, 6.07) is 0. The molecule has 1 heterocycles. The van der Waals surface area contributed by atoms with Gasteiger partial charge < -0.3 is 4.57 Å². The number of rotatable bonds is 6. The molecule has 0 unspecified atom stereocenters. The zero-order chi connectivity index (χ0) is 12.1. The highest BCUT2D eigenvalue weighted by molar-refractivity contribution is 5.04. The monoisotopic (exact) mass is 226 g/mol. The Hall–Kier alpha value is -0.860. The van der Waals surface area contributed by atoms with Crippen LogP contribution in [0.25, 0.3) is 0 Å². The molecule has 0 spiro atoms. The van der Waals surface area contributed by atoms with Crippen molar-refractivity contribution in [2.45, 2.75) is 59.4 Å². The molecule has 1 aromatic rings. The first-order chi connectivity index (χ1) is 7.52. The zero-order valence-corrected chi connectivity index (χ0v) is 10.8. The smallest absolute Gasteiger partial charge is 0.216 e. The number of aromatic nitrogens is 2. The Morgan fingerprint density at radius 2 is 1.94 bits per heavy atom. The number of halogens is 1. The number of hydrogen-bond donors (Lipinski definition) is 0. The lowest BCUT2D eigenvalue weighted by Crippen LogP contribution is -2.02. The number of imidazole rings is 1. The number of aryl methyl sites for hydroxylation is 1. The second-order valence-corrected chi connectivity index (χ2v) is 5.16. The van der Waals surface area contributed by atoms with Crippen LogP contribution < -0.4 is 0 Å². The molecule has 0 amide bonds. The maximum atomic E-state index is 13.8. The van der Waals surface area contributed by atoms with Crippen molar-refractivity contribution < 1.29 is 4.39 Å². The van der Waals surface area contributed by atoms with Crippen molar-refractivity contribution in [3.63, 3.8) is 0 Å². The third-order valence-electron chi connectivity index (χ3n) is 2.78. The maximum Gasteiger partial charge on any atom is 0.216 e. The summed E-state index contributed by atoms with van der Waals surface area (Å²) in [5, 5.41) is 0. The van der Waals surface area contributed by atoms with Gasteiger partial charge in [0, 0.05) is 12.5 Å². The van der Waals surface area contributed by atoms with Gasteiger partial charge in [-0.2, -0.15) is 4.39 Å². The van der Waals surface area contributed by atoms with E-state index in [2.05, 4.69) is 18.8 Å². The number of unbranched alkanes of at least 4 members (excludes halogenated alkanes) is 1. The molecule has 0 fully saturated rings. The molecule has 0 N–H and O–H groups in total. The van der Waals surface area contributed by atoms with Crippen molar-refractivity contribution >= 4 is 0 Å². The van der Waals surface area contributed by atoms with Gasteiger partial charge >= 0.3 is 0 Å². The van der Waals surface area contributed by atoms with E-state index in [1.54, 1.807) is 10.9 Å². The predicted molar refractivity (Wildman–Crippen MR) is 65.0 cm³/mol. The first-order valence-electron chi connectivity index (χ1n) is 6.23. The summed E-state index contributed by atoms with van der Waals surface area (Å²) in [7, 11) is 0. The Bertz CT molecular complexity index is 316. The van der Waals surface area contributed by atoms with Crippen molar-refractivity contribution in [3.8, 4) is 0 Å². The summed E-state index contributed by atoms with van der Waals surface area (Å²) in [5.74, 6) is 0.746. The van der Waals surface area contributed by atoms with Crippen LogP contribution in [0.3, 0.4) is 0 Å². The van der Waals surface area contributed by atoms with Crippen molar-refractivity contribution in [1.82, 2.24) is 9.55 Å². The molecule has 0 aromatic carbocycles. The second-order valence-electron chi connectivity index (χ2n) is 5.16. The minimum atomic E-state index is -0.153. The summed E-state index contributed by atoms with van der Waals surface area (Å²) in [6.45, 7) is 9.12. The highest BCUT2D eigenvalue weighted by atomic mass is 19.1. The van der Waals surface area contributed by atoms with Crippen LogP contribution in [0.1, 0.15) is 58.6 Å². The first kappa shape index (κ1) is 13.2. The van der Waals surface area contributed by atoms with Crippen LogP contribution in [0.2, 0.25) is 0 Å². The Kier molecular flexibility index (Phi) is 4.97. The molecule has 1 aromatic heterocycles. The van der Waals surface area contributed by atoms with E-state index in [1.165, 1.54) is 6.42 Å². The fourth-order valence-electron chi connectivity index (χ4n) is 1.76. The summed E-state index contributed by atoms with van der Waals surface area (Å²) >= 11 is 0. The van der Waals surface area contributed by atoms with Crippen molar-refractivity contribution in [2.75, 3.05) is 0 Å². The normalized spacial score (nSPS) is 11.7. The van der Waals surface area contributed by atoms with Gasteiger partial charge in [0.2, 0.25) is 5.95 Å². The molecule has 0 aliphatic carbocycles. The van der Waals surface area contributed by atoms with Gasteiger partial charge in [-0.25, -0.2) is 4.98 Å². The minimum absolute atomic E-state index is 0.153. The van der Waals surface area contributed by atoms with Gasteiger partial charge in [-0.15, -0.1) is 0 Å². The Morgan fingerprint density at radius 3 is 2.44 bits per heavy atom. The molecule has 0 aliphatic heterocycles. The van der Waals surface area contributed by atoms with Crippen LogP contribution in [-0.4, -0.2) is 9.55 Å². The number of hydrogen-bond acceptors (Lipinski definition) is 1. The van der Waals surface area contributed by atoms with E-state index in [0.29, 0.717) is 5.69 Å². The quantitative estimate of drug-likeness (QED) is 0.671. The van der Waals surface area contributed by atoms with Crippen LogP contribution >= 0.6 is 0 Å². The zero-order valence-electron chi connectivity index (χ0n) is 10.8. The van der Waals surface area contributed by atoms with E-state index in [-0.39, 0.29) is 11.9 Å². The fraction of sp³-hybridized carbons (Fsp3) is 0.769. The van der Waals surface area contributed by atoms with E-state index in [4.69, 9.17) is 0 Å². The topological polar surface area (TPSA) is 17.8 Å². The van der Waals surface area contributed by atoms with E-state index in [9.17, 15) is 4.39 Å². The predicted octanol–water partition coefficient (Wildman–Crippen LogP) is 3.97. The fourth-order valence-corrected chi connectivity index (χ4v) is 1.76. The molecule has 0 bridgehead atoms. The molecule has 0 saturated carbocycles. The lowest BCUT2D eigenvalue weighted by molar-refractivity contribution is 0.449. The molecule has 0 radical (unpaired) electrons. The molecular weight excluding hydrogens is 203 g/mol. The van der Waals surface area contributed by atoms with Crippen LogP contribution in [0.4, 0.5) is 4.39 Å². The van der Waals surface area contributed by atoms with Crippen LogP contribution in [-0.2, 0) is 6.54 Å². The molecule has 0 atom stereocenters. The molecule has 2 nitrogen and oxygen atoms in total. The summed E-state index contributed by atoms with van der Waals surface area (Å²) in [5.41, 5.74) is 0.587. The second kappa shape index (κ2) is 6.02. The number of nitrogens with zero attached hydrogens (tertiary/aromatic N) is 2. The average Bonchev–Trinajstić information content (AvgIpc) is 2.54. The Labute approximate surface area is 97.9 Å². The lowest BCUT2D eigenvalue weighted by atomic mass is 10.1. The molecular formula is C13H23FN2. The maximum absolute atomic E-state index is 13.8. The Morgan fingerprint density at radius 1 is 1.25 bits per heavy atom. The Balaban J connectivity index is 2.43. The molecule has 1 rings (SSSR count). The van der Waals surface area contributed by atoms with Gasteiger partial charge in [-0.1, -0.05) is 40.5 Å². The van der Waals surface area contributed by atoms with E-state index < -0.39 is 0 Å². The van der Waals surface area contributed by atoms with Crippen molar-refractivity contribution in [1.29, 1.82) is 0 Å². The SMILES string of the molecule is CC(C)CCCCn1cnc(C(C)C)c1F. The van der Waals surface area contributed by atoms with Crippen molar-refractivity contribution in [3.05, 3.63) is 18.0 Å². The third-order valence-corrected chi connectivity index (χ3v) is 2.78. The van der Waals surface area contributed by atoms with E-state index in [0.717, 1.165) is 25.3 Å². The highest BCUT2D eigenvalue weighted by Gasteiger charge is 2.12. The standard InChI is InChI=1S/C13H23FN2/c1-10(2)7-5-6-8-16-9-15-12(11(3)4)13(16)14/h9-11H,5-8H2,1-4H3. The largest absolute Gasteiger partial charge is 0.307 e. The molecule has 92 valence electrons. The van der Waals surface area contributed by atoms with Crippen LogP contribution in [0.5, 0.6) is 0 Å². The van der Waals surface area contributed by atoms with E-state index >= 15 is 0 Å². The highest BCUT2D eigenvalue weighted by Crippen LogP contribution is 2.17. The van der Waals surface area contributed by atoms with Gasteiger partial charge in [0.25, 0.3) is 0 Å². The molecule has 0 saturated heterocycles. The van der Waals surface area contributed by atoms with Crippen molar-refractivity contribution in [2.24, 2.45) is 5.92 Å². The van der Waals surface area contributed by atoms with Gasteiger partial charge in [-0.3, -0.25) is 0 Å². The minimum Gasteiger partial charge on any atom is -0.307 e. The van der Waals surface area contributed by atoms with Gasteiger partial charge in [0.1, 0.15) is 0 Å².